The Balaban J connectivity index is 1.82. The zero-order chi connectivity index (χ0) is 10.6. The van der Waals surface area contributed by atoms with Gasteiger partial charge >= 0.3 is 0 Å². The molecule has 4 rings (SSSR count). The van der Waals surface area contributed by atoms with Gasteiger partial charge in [0.05, 0.1) is 29.8 Å². The molecular weight excluding hydrogens is 202 g/mol. The van der Waals surface area contributed by atoms with E-state index in [0.717, 1.165) is 13.0 Å². The first-order valence-electron chi connectivity index (χ1n) is 6.32. The lowest BCUT2D eigenvalue weighted by molar-refractivity contribution is -0.0657. The van der Waals surface area contributed by atoms with Gasteiger partial charge < -0.3 is 15.0 Å². The number of nitrogens with one attached hydrogen (secondary N) is 2. The lowest BCUT2D eigenvalue weighted by Gasteiger charge is -2.44. The highest BCUT2D eigenvalue weighted by atomic mass is 16.5. The van der Waals surface area contributed by atoms with Crippen LogP contribution >= 0.6 is 0 Å². The standard InChI is InChI=1S/C12H17N3O/c1-2-10-12(5-3-8(1)16-10)11-9(4-6-15-12)13-7-14-11/h7-8,10,15H,1-6H2,(H,13,14). The van der Waals surface area contributed by atoms with E-state index in [9.17, 15) is 0 Å². The summed E-state index contributed by atoms with van der Waals surface area (Å²) >= 11 is 0. The Kier molecular flexibility index (Phi) is 1.77. The summed E-state index contributed by atoms with van der Waals surface area (Å²) in [4.78, 5) is 7.83. The molecule has 2 fully saturated rings. The summed E-state index contributed by atoms with van der Waals surface area (Å²) in [6.07, 6.45) is 8.52. The molecule has 0 amide bonds. The minimum absolute atomic E-state index is 0.0145. The van der Waals surface area contributed by atoms with Crippen LogP contribution in [0.5, 0.6) is 0 Å². The molecule has 0 aliphatic carbocycles. The Morgan fingerprint density at radius 1 is 1.38 bits per heavy atom. The van der Waals surface area contributed by atoms with Crippen LogP contribution in [0.1, 0.15) is 37.1 Å². The Labute approximate surface area is 94.8 Å². The third kappa shape index (κ3) is 1.04. The smallest absolute Gasteiger partial charge is 0.0926 e. The average Bonchev–Trinajstić information content (AvgIpc) is 2.93. The summed E-state index contributed by atoms with van der Waals surface area (Å²) in [6, 6.07) is 0. The van der Waals surface area contributed by atoms with Crippen LogP contribution in [-0.4, -0.2) is 28.7 Å². The number of fused-ring (bicyclic) bond motifs is 5. The van der Waals surface area contributed by atoms with Gasteiger partial charge in [-0.3, -0.25) is 0 Å². The monoisotopic (exact) mass is 219 g/mol. The van der Waals surface area contributed by atoms with Gasteiger partial charge in [-0.1, -0.05) is 0 Å². The molecule has 4 heterocycles. The van der Waals surface area contributed by atoms with Gasteiger partial charge in [-0.2, -0.15) is 0 Å². The van der Waals surface area contributed by atoms with Crippen LogP contribution < -0.4 is 5.32 Å². The molecule has 0 aromatic carbocycles. The summed E-state index contributed by atoms with van der Waals surface area (Å²) in [7, 11) is 0. The van der Waals surface area contributed by atoms with Crippen LogP contribution in [-0.2, 0) is 16.7 Å². The predicted octanol–water partition coefficient (Wildman–Crippen LogP) is 1.09. The maximum absolute atomic E-state index is 6.10. The first-order chi connectivity index (χ1) is 7.88. The van der Waals surface area contributed by atoms with Gasteiger partial charge in [0.1, 0.15) is 0 Å². The Morgan fingerprint density at radius 2 is 2.38 bits per heavy atom. The van der Waals surface area contributed by atoms with Crippen LogP contribution in [0.2, 0.25) is 0 Å². The van der Waals surface area contributed by atoms with E-state index in [1.807, 2.05) is 6.33 Å². The quantitative estimate of drug-likeness (QED) is 0.687. The predicted molar refractivity (Wildman–Crippen MR) is 59.1 cm³/mol. The number of aromatic amines is 1. The SMILES string of the molecule is c1nc2c([nH]1)CCNC21CCC2CCC1O2. The normalized spacial score (nSPS) is 41.2. The van der Waals surface area contributed by atoms with Crippen molar-refractivity contribution in [3.05, 3.63) is 17.7 Å². The highest BCUT2D eigenvalue weighted by Gasteiger charge is 2.52. The molecule has 2 N–H and O–H groups in total. The molecule has 16 heavy (non-hydrogen) atoms. The van der Waals surface area contributed by atoms with Crippen LogP contribution in [0.15, 0.2) is 6.33 Å². The molecule has 86 valence electrons. The summed E-state index contributed by atoms with van der Waals surface area (Å²) in [5.41, 5.74) is 2.55. The molecule has 3 aliphatic rings. The van der Waals surface area contributed by atoms with Crippen molar-refractivity contribution in [3.63, 3.8) is 0 Å². The molecule has 3 atom stereocenters. The van der Waals surface area contributed by atoms with E-state index in [0.29, 0.717) is 12.2 Å². The third-order valence-electron chi connectivity index (χ3n) is 4.47. The number of rotatable bonds is 0. The van der Waals surface area contributed by atoms with Crippen molar-refractivity contribution in [2.24, 2.45) is 0 Å². The van der Waals surface area contributed by atoms with E-state index in [-0.39, 0.29) is 5.54 Å². The fraction of sp³-hybridized carbons (Fsp3) is 0.750. The minimum Gasteiger partial charge on any atom is -0.373 e. The van der Waals surface area contributed by atoms with Crippen molar-refractivity contribution in [2.75, 3.05) is 6.54 Å². The third-order valence-corrected chi connectivity index (χ3v) is 4.47. The van der Waals surface area contributed by atoms with Crippen molar-refractivity contribution in [2.45, 2.75) is 49.9 Å². The molecule has 4 heteroatoms. The maximum Gasteiger partial charge on any atom is 0.0926 e. The highest BCUT2D eigenvalue weighted by Crippen LogP contribution is 2.46. The second-order valence-electron chi connectivity index (χ2n) is 5.24. The van der Waals surface area contributed by atoms with Crippen LogP contribution in [0.4, 0.5) is 0 Å². The number of nitrogens with zero attached hydrogens (tertiary/aromatic N) is 1. The van der Waals surface area contributed by atoms with Gasteiger partial charge in [-0.25, -0.2) is 4.98 Å². The van der Waals surface area contributed by atoms with E-state index in [1.54, 1.807) is 0 Å². The van der Waals surface area contributed by atoms with Crippen molar-refractivity contribution in [1.82, 2.24) is 15.3 Å². The molecule has 1 aromatic heterocycles. The molecule has 1 aromatic rings. The van der Waals surface area contributed by atoms with Crippen molar-refractivity contribution in [3.8, 4) is 0 Å². The molecule has 2 bridgehead atoms. The van der Waals surface area contributed by atoms with Crippen LogP contribution in [0, 0.1) is 0 Å². The lowest BCUT2D eigenvalue weighted by Crippen LogP contribution is -2.57. The number of H-pyrrole nitrogens is 1. The molecule has 1 spiro atoms. The number of hydrogen-bond donors (Lipinski definition) is 2. The fourth-order valence-corrected chi connectivity index (χ4v) is 3.69. The zero-order valence-corrected chi connectivity index (χ0v) is 9.33. The topological polar surface area (TPSA) is 49.9 Å². The summed E-state index contributed by atoms with van der Waals surface area (Å²) in [5.74, 6) is 0. The first kappa shape index (κ1) is 9.19. The Hall–Kier alpha value is -0.870. The molecule has 0 radical (unpaired) electrons. The van der Waals surface area contributed by atoms with Crippen molar-refractivity contribution < 1.29 is 4.74 Å². The summed E-state index contributed by atoms with van der Waals surface area (Å²) in [6.45, 7) is 1.04. The second-order valence-corrected chi connectivity index (χ2v) is 5.24. The Bertz CT molecular complexity index is 416. The second kappa shape index (κ2) is 3.08. The van der Waals surface area contributed by atoms with Gasteiger partial charge in [-0.05, 0) is 25.7 Å². The zero-order valence-electron chi connectivity index (χ0n) is 9.33. The molecule has 4 nitrogen and oxygen atoms in total. The van der Waals surface area contributed by atoms with Crippen molar-refractivity contribution in [1.29, 1.82) is 0 Å². The summed E-state index contributed by atoms with van der Waals surface area (Å²) in [5, 5.41) is 3.70. The highest BCUT2D eigenvalue weighted by molar-refractivity contribution is 5.28. The molecular formula is C12H17N3O. The van der Waals surface area contributed by atoms with E-state index in [4.69, 9.17) is 4.74 Å². The lowest BCUT2D eigenvalue weighted by atomic mass is 9.79. The van der Waals surface area contributed by atoms with E-state index in [2.05, 4.69) is 15.3 Å². The van der Waals surface area contributed by atoms with Gasteiger partial charge in [0.15, 0.2) is 0 Å². The van der Waals surface area contributed by atoms with Gasteiger partial charge in [0.2, 0.25) is 0 Å². The van der Waals surface area contributed by atoms with E-state index >= 15 is 0 Å². The van der Waals surface area contributed by atoms with Crippen molar-refractivity contribution >= 4 is 0 Å². The minimum atomic E-state index is 0.0145. The number of hydrogen-bond acceptors (Lipinski definition) is 3. The number of aromatic nitrogens is 2. The van der Waals surface area contributed by atoms with Crippen LogP contribution in [0.25, 0.3) is 0 Å². The number of imidazole rings is 1. The van der Waals surface area contributed by atoms with Crippen LogP contribution in [0.3, 0.4) is 0 Å². The van der Waals surface area contributed by atoms with Gasteiger partial charge in [-0.15, -0.1) is 0 Å². The van der Waals surface area contributed by atoms with E-state index in [1.165, 1.54) is 37.1 Å². The average molecular weight is 219 g/mol. The van der Waals surface area contributed by atoms with Gasteiger partial charge in [0.25, 0.3) is 0 Å². The number of ether oxygens (including phenoxy) is 1. The maximum atomic E-state index is 6.10. The molecule has 2 saturated heterocycles. The van der Waals surface area contributed by atoms with E-state index < -0.39 is 0 Å². The fourth-order valence-electron chi connectivity index (χ4n) is 3.69. The van der Waals surface area contributed by atoms with Gasteiger partial charge in [0, 0.05) is 18.7 Å². The first-order valence-corrected chi connectivity index (χ1v) is 6.32. The molecule has 3 unspecified atom stereocenters. The summed E-state index contributed by atoms with van der Waals surface area (Å²) < 4.78 is 6.10. The molecule has 0 saturated carbocycles. The Morgan fingerprint density at radius 3 is 3.38 bits per heavy atom. The molecule has 3 aliphatic heterocycles. The largest absolute Gasteiger partial charge is 0.373 e.